The van der Waals surface area contributed by atoms with Crippen molar-refractivity contribution in [2.24, 2.45) is 0 Å². The minimum absolute atomic E-state index is 0.0352. The van der Waals surface area contributed by atoms with E-state index in [1.54, 1.807) is 0 Å². The lowest BCUT2D eigenvalue weighted by atomic mass is 9.90. The van der Waals surface area contributed by atoms with Crippen LogP contribution in [0.15, 0.2) is 42.5 Å². The Morgan fingerprint density at radius 3 is 2.32 bits per heavy atom. The highest BCUT2D eigenvalue weighted by molar-refractivity contribution is 5.77. The molecule has 3 N–H and O–H groups in total. The lowest BCUT2D eigenvalue weighted by Gasteiger charge is -2.40. The molecule has 1 atom stereocenters. The largest absolute Gasteiger partial charge is 0.481 e. The van der Waals surface area contributed by atoms with Gasteiger partial charge in [0.1, 0.15) is 0 Å². The fraction of sp³-hybridized carbons (Fsp3) is 0.552. The van der Waals surface area contributed by atoms with E-state index in [0.717, 1.165) is 48.3 Å². The Hall–Kier alpha value is -2.53. The molecule has 186 valence electrons. The molecule has 3 rings (SSSR count). The normalized spacial score (nSPS) is 15.7. The predicted octanol–water partition coefficient (Wildman–Crippen LogP) is 6.87. The Morgan fingerprint density at radius 1 is 1.09 bits per heavy atom. The maximum absolute atomic E-state index is 11.5. The summed E-state index contributed by atoms with van der Waals surface area (Å²) in [5.41, 5.74) is 4.55. The van der Waals surface area contributed by atoms with Crippen LogP contribution in [-0.4, -0.2) is 34.4 Å². The Morgan fingerprint density at radius 2 is 1.76 bits per heavy atom. The maximum Gasteiger partial charge on any atom is 0.303 e. The summed E-state index contributed by atoms with van der Waals surface area (Å²) in [7, 11) is 0. The van der Waals surface area contributed by atoms with Gasteiger partial charge in [0.15, 0.2) is 0 Å². The van der Waals surface area contributed by atoms with Gasteiger partial charge in [-0.1, -0.05) is 51.3 Å². The zero-order valence-corrected chi connectivity index (χ0v) is 21.3. The molecular weight excluding hydrogens is 424 g/mol. The van der Waals surface area contributed by atoms with Crippen molar-refractivity contribution in [1.82, 2.24) is 0 Å². The number of anilines is 3. The molecule has 1 aliphatic rings. The van der Waals surface area contributed by atoms with Crippen molar-refractivity contribution in [3.8, 4) is 0 Å². The lowest BCUT2D eigenvalue weighted by molar-refractivity contribution is -0.137. The molecule has 2 aromatic carbocycles. The van der Waals surface area contributed by atoms with Crippen LogP contribution in [0.1, 0.15) is 89.7 Å². The number of carbonyl (C=O) groups is 1. The van der Waals surface area contributed by atoms with Crippen molar-refractivity contribution >= 4 is 23.0 Å². The van der Waals surface area contributed by atoms with Crippen LogP contribution in [0.25, 0.3) is 0 Å². The molecule has 1 fully saturated rings. The summed E-state index contributed by atoms with van der Waals surface area (Å²) in [5.74, 6) is -0.807. The molecule has 1 saturated carbocycles. The predicted molar refractivity (Wildman–Crippen MR) is 141 cm³/mol. The van der Waals surface area contributed by atoms with E-state index in [-0.39, 0.29) is 12.3 Å². The molecule has 0 amide bonds. The van der Waals surface area contributed by atoms with Crippen LogP contribution in [0, 0.1) is 0 Å². The molecule has 0 aromatic heterocycles. The van der Waals surface area contributed by atoms with Crippen LogP contribution >= 0.6 is 0 Å². The third-order valence-electron chi connectivity index (χ3n) is 6.93. The molecule has 0 heterocycles. The van der Waals surface area contributed by atoms with Crippen LogP contribution in [0.5, 0.6) is 0 Å². The smallest absolute Gasteiger partial charge is 0.303 e. The Labute approximate surface area is 205 Å². The first-order valence-corrected chi connectivity index (χ1v) is 12.9. The van der Waals surface area contributed by atoms with E-state index >= 15 is 0 Å². The van der Waals surface area contributed by atoms with E-state index in [0.29, 0.717) is 12.6 Å². The summed E-state index contributed by atoms with van der Waals surface area (Å²) in [6, 6.07) is 15.2. The number of nitrogens with zero attached hydrogens (tertiary/aromatic N) is 1. The molecule has 0 radical (unpaired) electrons. The first-order chi connectivity index (χ1) is 16.2. The first-order valence-electron chi connectivity index (χ1n) is 12.9. The third kappa shape index (κ3) is 7.23. The molecule has 0 spiro atoms. The minimum Gasteiger partial charge on any atom is -0.481 e. The van der Waals surface area contributed by atoms with Crippen LogP contribution < -0.4 is 10.2 Å². The molecule has 5 heteroatoms. The Balaban J connectivity index is 2.05. The second-order valence-electron chi connectivity index (χ2n) is 10.4. The molecular formula is C29H42N2O3. The van der Waals surface area contributed by atoms with Crippen LogP contribution in [0.4, 0.5) is 17.1 Å². The molecule has 34 heavy (non-hydrogen) atoms. The molecule has 0 bridgehead atoms. The summed E-state index contributed by atoms with van der Waals surface area (Å²) in [6.45, 7) is 8.48. The molecule has 1 aliphatic carbocycles. The Bertz CT molecular complexity index is 927. The van der Waals surface area contributed by atoms with Gasteiger partial charge in [-0.05, 0) is 80.8 Å². The summed E-state index contributed by atoms with van der Waals surface area (Å²) in [6.07, 6.45) is 7.83. The second kappa shape index (κ2) is 11.7. The number of aliphatic hydroxyl groups is 1. The third-order valence-corrected chi connectivity index (χ3v) is 6.93. The second-order valence-corrected chi connectivity index (χ2v) is 10.4. The van der Waals surface area contributed by atoms with E-state index < -0.39 is 11.6 Å². The van der Waals surface area contributed by atoms with Gasteiger partial charge in [-0.15, -0.1) is 0 Å². The molecule has 1 unspecified atom stereocenters. The first kappa shape index (κ1) is 26.1. The number of benzene rings is 2. The van der Waals surface area contributed by atoms with Gasteiger partial charge >= 0.3 is 5.97 Å². The molecule has 0 saturated heterocycles. The number of aryl methyl sites for hydroxylation is 1. The van der Waals surface area contributed by atoms with Gasteiger partial charge in [-0.2, -0.15) is 0 Å². The van der Waals surface area contributed by atoms with E-state index in [1.807, 2.05) is 20.8 Å². The van der Waals surface area contributed by atoms with Crippen molar-refractivity contribution in [3.63, 3.8) is 0 Å². The number of rotatable bonds is 11. The fourth-order valence-electron chi connectivity index (χ4n) is 5.07. The zero-order chi connectivity index (χ0) is 24.7. The number of nitrogens with one attached hydrogen (secondary N) is 1. The van der Waals surface area contributed by atoms with Gasteiger partial charge in [0.2, 0.25) is 0 Å². The molecule has 5 nitrogen and oxygen atoms in total. The summed E-state index contributed by atoms with van der Waals surface area (Å²) >= 11 is 0. The highest BCUT2D eigenvalue weighted by atomic mass is 16.4. The average molecular weight is 467 g/mol. The van der Waals surface area contributed by atoms with E-state index in [9.17, 15) is 15.0 Å². The van der Waals surface area contributed by atoms with Crippen molar-refractivity contribution in [2.45, 2.75) is 96.6 Å². The number of aliphatic carboxylic acids is 1. The quantitative estimate of drug-likeness (QED) is 0.337. The van der Waals surface area contributed by atoms with Crippen molar-refractivity contribution in [3.05, 3.63) is 53.6 Å². The summed E-state index contributed by atoms with van der Waals surface area (Å²) in [5, 5.41) is 23.8. The van der Waals surface area contributed by atoms with Gasteiger partial charge in [-0.3, -0.25) is 4.79 Å². The average Bonchev–Trinajstić information content (AvgIpc) is 2.81. The fourth-order valence-corrected chi connectivity index (χ4v) is 5.07. The monoisotopic (exact) mass is 466 g/mol. The summed E-state index contributed by atoms with van der Waals surface area (Å²) in [4.78, 5) is 13.8. The van der Waals surface area contributed by atoms with Crippen LogP contribution in [0.3, 0.4) is 0 Å². The van der Waals surface area contributed by atoms with Gasteiger partial charge in [-0.25, -0.2) is 0 Å². The lowest BCUT2D eigenvalue weighted by Crippen LogP contribution is -2.45. The maximum atomic E-state index is 11.5. The van der Waals surface area contributed by atoms with E-state index in [4.69, 9.17) is 0 Å². The van der Waals surface area contributed by atoms with E-state index in [2.05, 4.69) is 59.6 Å². The van der Waals surface area contributed by atoms with Gasteiger partial charge in [0.05, 0.1) is 23.4 Å². The van der Waals surface area contributed by atoms with Crippen molar-refractivity contribution in [1.29, 1.82) is 0 Å². The summed E-state index contributed by atoms with van der Waals surface area (Å²) < 4.78 is 0. The van der Waals surface area contributed by atoms with Gasteiger partial charge < -0.3 is 20.4 Å². The SMILES string of the molecule is CCc1ccc(Nc2cc(C(CC)CC(=O)O)ccc2N(CC(C)(C)O)C2CCCCC2)cc1. The minimum atomic E-state index is -0.828. The van der Waals surface area contributed by atoms with Crippen LogP contribution in [0.2, 0.25) is 0 Å². The number of carboxylic acid groups (broad SMARTS) is 1. The zero-order valence-electron chi connectivity index (χ0n) is 21.3. The van der Waals surface area contributed by atoms with Crippen LogP contribution in [-0.2, 0) is 11.2 Å². The van der Waals surface area contributed by atoms with Crippen molar-refractivity contribution < 1.29 is 15.0 Å². The Kier molecular flexibility index (Phi) is 9.01. The number of hydrogen-bond donors (Lipinski definition) is 3. The van der Waals surface area contributed by atoms with Gasteiger partial charge in [0, 0.05) is 18.3 Å². The van der Waals surface area contributed by atoms with Crippen molar-refractivity contribution in [2.75, 3.05) is 16.8 Å². The van der Waals surface area contributed by atoms with E-state index in [1.165, 1.54) is 24.8 Å². The number of carboxylic acids is 1. The highest BCUT2D eigenvalue weighted by Crippen LogP contribution is 2.38. The topological polar surface area (TPSA) is 72.8 Å². The van der Waals surface area contributed by atoms with Gasteiger partial charge in [0.25, 0.3) is 0 Å². The molecule has 2 aromatic rings. The standard InChI is InChI=1S/C29H42N2O3/c1-5-21-12-15-24(16-13-21)30-26-18-23(22(6-2)19-28(32)33)14-17-27(26)31(20-29(3,4)34)25-10-8-7-9-11-25/h12-18,22,25,30,34H,5-11,19-20H2,1-4H3,(H,32,33). The number of hydrogen-bond acceptors (Lipinski definition) is 4. The molecule has 0 aliphatic heterocycles. The highest BCUT2D eigenvalue weighted by Gasteiger charge is 2.29.